The molecule has 1 saturated heterocycles. The van der Waals surface area contributed by atoms with E-state index in [4.69, 9.17) is 4.74 Å². The lowest BCUT2D eigenvalue weighted by Crippen LogP contribution is -2.44. The Labute approximate surface area is 127 Å². The predicted molar refractivity (Wildman–Crippen MR) is 83.6 cm³/mol. The molecule has 1 saturated carbocycles. The Morgan fingerprint density at radius 1 is 1.05 bits per heavy atom. The van der Waals surface area contributed by atoms with E-state index in [-0.39, 0.29) is 5.91 Å². The number of hydrogen-bond donors (Lipinski definition) is 0. The molecule has 1 aliphatic carbocycles. The summed E-state index contributed by atoms with van der Waals surface area (Å²) in [6, 6.07) is 8.99. The molecule has 1 amide bonds. The highest BCUT2D eigenvalue weighted by molar-refractivity contribution is 5.95. The monoisotopic (exact) mass is 287 g/mol. The van der Waals surface area contributed by atoms with Gasteiger partial charge in [0.2, 0.25) is 0 Å². The molecule has 1 aromatic rings. The normalized spacial score (nSPS) is 19.8. The topological polar surface area (TPSA) is 29.5 Å². The molecule has 3 heteroatoms. The third-order valence-electron chi connectivity index (χ3n) is 4.58. The molecular formula is C18H25NO2. The highest BCUT2D eigenvalue weighted by atomic mass is 16.5. The van der Waals surface area contributed by atoms with Crippen molar-refractivity contribution < 1.29 is 9.53 Å². The molecule has 0 atom stereocenters. The van der Waals surface area contributed by atoms with Crippen molar-refractivity contribution in [1.29, 1.82) is 0 Å². The van der Waals surface area contributed by atoms with Gasteiger partial charge in [0.15, 0.2) is 0 Å². The predicted octanol–water partition coefficient (Wildman–Crippen LogP) is 3.59. The van der Waals surface area contributed by atoms with Crippen molar-refractivity contribution >= 4 is 5.91 Å². The van der Waals surface area contributed by atoms with Gasteiger partial charge in [0, 0.05) is 30.9 Å². The lowest BCUT2D eigenvalue weighted by Gasteiger charge is -2.34. The number of benzene rings is 1. The average molecular weight is 287 g/mol. The molecular weight excluding hydrogens is 262 g/mol. The third kappa shape index (κ3) is 3.29. The van der Waals surface area contributed by atoms with E-state index in [0.29, 0.717) is 18.0 Å². The largest absolute Gasteiger partial charge is 0.381 e. The van der Waals surface area contributed by atoms with E-state index in [1.165, 1.54) is 5.56 Å². The Morgan fingerprint density at radius 3 is 2.14 bits per heavy atom. The van der Waals surface area contributed by atoms with Crippen LogP contribution in [0.4, 0.5) is 0 Å². The second kappa shape index (κ2) is 6.18. The van der Waals surface area contributed by atoms with Gasteiger partial charge in [0.25, 0.3) is 5.91 Å². The second-order valence-corrected chi connectivity index (χ2v) is 6.56. The molecule has 0 unspecified atom stereocenters. The summed E-state index contributed by atoms with van der Waals surface area (Å²) in [4.78, 5) is 15.0. The van der Waals surface area contributed by atoms with Crippen molar-refractivity contribution in [2.24, 2.45) is 0 Å². The second-order valence-electron chi connectivity index (χ2n) is 6.56. The number of rotatable bonds is 4. The molecule has 3 rings (SSSR count). The van der Waals surface area contributed by atoms with Crippen LogP contribution in [0.2, 0.25) is 0 Å². The fourth-order valence-electron chi connectivity index (χ4n) is 3.11. The minimum atomic E-state index is 0.208. The van der Waals surface area contributed by atoms with E-state index in [9.17, 15) is 4.79 Å². The first-order chi connectivity index (χ1) is 10.2. The van der Waals surface area contributed by atoms with E-state index < -0.39 is 0 Å². The van der Waals surface area contributed by atoms with Crippen LogP contribution in [0.5, 0.6) is 0 Å². The zero-order chi connectivity index (χ0) is 14.8. The SMILES string of the molecule is CC(C)c1ccc(C(=O)N(C2CCOCC2)C2CC2)cc1. The van der Waals surface area contributed by atoms with Crippen LogP contribution in [0.3, 0.4) is 0 Å². The van der Waals surface area contributed by atoms with Crippen molar-refractivity contribution in [1.82, 2.24) is 4.90 Å². The summed E-state index contributed by atoms with van der Waals surface area (Å²) in [5, 5.41) is 0. The minimum absolute atomic E-state index is 0.208. The Bertz CT molecular complexity index is 484. The number of nitrogens with zero attached hydrogens (tertiary/aromatic N) is 1. The van der Waals surface area contributed by atoms with Gasteiger partial charge in [-0.1, -0.05) is 26.0 Å². The maximum Gasteiger partial charge on any atom is 0.254 e. The first-order valence-electron chi connectivity index (χ1n) is 8.17. The Morgan fingerprint density at radius 2 is 1.62 bits per heavy atom. The van der Waals surface area contributed by atoms with Crippen molar-refractivity contribution in [3.63, 3.8) is 0 Å². The summed E-state index contributed by atoms with van der Waals surface area (Å²) in [5.74, 6) is 0.712. The lowest BCUT2D eigenvalue weighted by atomic mass is 10.0. The fraction of sp³-hybridized carbons (Fsp3) is 0.611. The molecule has 114 valence electrons. The lowest BCUT2D eigenvalue weighted by molar-refractivity contribution is 0.0267. The van der Waals surface area contributed by atoms with Gasteiger partial charge in [-0.05, 0) is 49.3 Å². The van der Waals surface area contributed by atoms with Crippen LogP contribution in [-0.4, -0.2) is 36.1 Å². The van der Waals surface area contributed by atoms with Crippen molar-refractivity contribution in [2.75, 3.05) is 13.2 Å². The van der Waals surface area contributed by atoms with E-state index in [2.05, 4.69) is 30.9 Å². The Kier molecular flexibility index (Phi) is 4.29. The van der Waals surface area contributed by atoms with Gasteiger partial charge >= 0.3 is 0 Å². The summed E-state index contributed by atoms with van der Waals surface area (Å²) in [7, 11) is 0. The standard InChI is InChI=1S/C18H25NO2/c1-13(2)14-3-5-15(6-4-14)18(20)19(16-7-8-16)17-9-11-21-12-10-17/h3-6,13,16-17H,7-12H2,1-2H3. The summed E-state index contributed by atoms with van der Waals surface area (Å²) >= 11 is 0. The van der Waals surface area contributed by atoms with Crippen molar-refractivity contribution in [3.05, 3.63) is 35.4 Å². The molecule has 3 nitrogen and oxygen atoms in total. The van der Waals surface area contributed by atoms with E-state index in [1.807, 2.05) is 12.1 Å². The van der Waals surface area contributed by atoms with Crippen LogP contribution >= 0.6 is 0 Å². The molecule has 2 fully saturated rings. The maximum absolute atomic E-state index is 12.9. The highest BCUT2D eigenvalue weighted by Crippen LogP contribution is 2.33. The summed E-state index contributed by atoms with van der Waals surface area (Å²) in [6.45, 7) is 5.92. The van der Waals surface area contributed by atoms with Gasteiger partial charge in [-0.2, -0.15) is 0 Å². The number of carbonyl (C=O) groups is 1. The molecule has 1 heterocycles. The number of carbonyl (C=O) groups excluding carboxylic acids is 1. The minimum Gasteiger partial charge on any atom is -0.381 e. The molecule has 0 aromatic heterocycles. The fourth-order valence-corrected chi connectivity index (χ4v) is 3.11. The zero-order valence-corrected chi connectivity index (χ0v) is 13.0. The highest BCUT2D eigenvalue weighted by Gasteiger charge is 2.38. The van der Waals surface area contributed by atoms with Crippen LogP contribution < -0.4 is 0 Å². The number of hydrogen-bond acceptors (Lipinski definition) is 2. The number of ether oxygens (including phenoxy) is 1. The van der Waals surface area contributed by atoms with Gasteiger partial charge in [-0.25, -0.2) is 0 Å². The molecule has 1 aliphatic heterocycles. The van der Waals surface area contributed by atoms with Crippen LogP contribution in [0.1, 0.15) is 61.4 Å². The van der Waals surface area contributed by atoms with Gasteiger partial charge in [-0.3, -0.25) is 4.79 Å². The van der Waals surface area contributed by atoms with Gasteiger partial charge in [0.1, 0.15) is 0 Å². The number of amides is 1. The molecule has 0 radical (unpaired) electrons. The van der Waals surface area contributed by atoms with E-state index >= 15 is 0 Å². The van der Waals surface area contributed by atoms with Crippen LogP contribution in [0, 0.1) is 0 Å². The molecule has 0 spiro atoms. The third-order valence-corrected chi connectivity index (χ3v) is 4.58. The summed E-state index contributed by atoms with van der Waals surface area (Å²) < 4.78 is 5.44. The molecule has 2 aliphatic rings. The van der Waals surface area contributed by atoms with Crippen molar-refractivity contribution in [2.45, 2.75) is 57.5 Å². The van der Waals surface area contributed by atoms with E-state index in [0.717, 1.165) is 44.5 Å². The van der Waals surface area contributed by atoms with Crippen LogP contribution in [-0.2, 0) is 4.74 Å². The van der Waals surface area contributed by atoms with Gasteiger partial charge in [-0.15, -0.1) is 0 Å². The average Bonchev–Trinajstić information content (AvgIpc) is 3.33. The van der Waals surface area contributed by atoms with Gasteiger partial charge < -0.3 is 9.64 Å². The summed E-state index contributed by atoms with van der Waals surface area (Å²) in [5.41, 5.74) is 2.12. The van der Waals surface area contributed by atoms with Crippen LogP contribution in [0.15, 0.2) is 24.3 Å². The molecule has 1 aromatic carbocycles. The summed E-state index contributed by atoms with van der Waals surface area (Å²) in [6.07, 6.45) is 4.28. The van der Waals surface area contributed by atoms with Gasteiger partial charge in [0.05, 0.1) is 0 Å². The molecule has 0 bridgehead atoms. The smallest absolute Gasteiger partial charge is 0.254 e. The molecule has 21 heavy (non-hydrogen) atoms. The Balaban J connectivity index is 1.77. The Hall–Kier alpha value is -1.35. The van der Waals surface area contributed by atoms with Crippen LogP contribution in [0.25, 0.3) is 0 Å². The first kappa shape index (κ1) is 14.6. The quantitative estimate of drug-likeness (QED) is 0.847. The van der Waals surface area contributed by atoms with Crippen molar-refractivity contribution in [3.8, 4) is 0 Å². The van der Waals surface area contributed by atoms with E-state index in [1.54, 1.807) is 0 Å². The zero-order valence-electron chi connectivity index (χ0n) is 13.0. The first-order valence-corrected chi connectivity index (χ1v) is 8.17. The molecule has 0 N–H and O–H groups in total. The maximum atomic E-state index is 12.9.